The molecule has 0 fully saturated rings. The first-order valence-corrected chi connectivity index (χ1v) is 5.77. The normalized spacial score (nSPS) is 9.83. The lowest BCUT2D eigenvalue weighted by Gasteiger charge is -2.02. The number of hydrogen-bond acceptors (Lipinski definition) is 1. The SMILES string of the molecule is O=C(CBr)c1ccccc1CBr. The van der Waals surface area contributed by atoms with Crippen molar-refractivity contribution < 1.29 is 4.79 Å². The minimum atomic E-state index is 0.130. The largest absolute Gasteiger partial charge is 0.293 e. The highest BCUT2D eigenvalue weighted by molar-refractivity contribution is 9.09. The molecule has 0 spiro atoms. The van der Waals surface area contributed by atoms with Crippen LogP contribution in [0.25, 0.3) is 0 Å². The highest BCUT2D eigenvalue weighted by Crippen LogP contribution is 2.13. The van der Waals surface area contributed by atoms with Crippen molar-refractivity contribution in [3.8, 4) is 0 Å². The van der Waals surface area contributed by atoms with Crippen LogP contribution in [-0.4, -0.2) is 11.1 Å². The van der Waals surface area contributed by atoms with E-state index < -0.39 is 0 Å². The molecule has 12 heavy (non-hydrogen) atoms. The smallest absolute Gasteiger partial charge is 0.173 e. The molecule has 0 atom stereocenters. The Morgan fingerprint density at radius 2 is 1.92 bits per heavy atom. The molecule has 0 aliphatic rings. The van der Waals surface area contributed by atoms with E-state index >= 15 is 0 Å². The molecule has 0 N–H and O–H groups in total. The van der Waals surface area contributed by atoms with Crippen LogP contribution in [0.15, 0.2) is 24.3 Å². The molecule has 0 heterocycles. The van der Waals surface area contributed by atoms with E-state index in [9.17, 15) is 4.79 Å². The molecule has 1 nitrogen and oxygen atoms in total. The zero-order valence-electron chi connectivity index (χ0n) is 6.39. The van der Waals surface area contributed by atoms with Crippen molar-refractivity contribution in [2.75, 3.05) is 5.33 Å². The van der Waals surface area contributed by atoms with Crippen molar-refractivity contribution in [3.63, 3.8) is 0 Å². The summed E-state index contributed by atoms with van der Waals surface area (Å²) in [5, 5.41) is 1.11. The molecule has 0 unspecified atom stereocenters. The summed E-state index contributed by atoms with van der Waals surface area (Å²) < 4.78 is 0. The van der Waals surface area contributed by atoms with Gasteiger partial charge in [-0.15, -0.1) is 0 Å². The third-order valence-electron chi connectivity index (χ3n) is 1.58. The Morgan fingerprint density at radius 1 is 1.25 bits per heavy atom. The van der Waals surface area contributed by atoms with E-state index in [1.165, 1.54) is 0 Å². The molecule has 1 aromatic rings. The van der Waals surface area contributed by atoms with Gasteiger partial charge in [-0.05, 0) is 5.56 Å². The third-order valence-corrected chi connectivity index (χ3v) is 2.70. The Labute approximate surface area is 88.4 Å². The van der Waals surface area contributed by atoms with Crippen LogP contribution < -0.4 is 0 Å². The number of carbonyl (C=O) groups is 1. The van der Waals surface area contributed by atoms with Crippen LogP contribution >= 0.6 is 31.9 Å². The first-order chi connectivity index (χ1) is 5.79. The van der Waals surface area contributed by atoms with Crippen LogP contribution in [0.2, 0.25) is 0 Å². The molecule has 3 heteroatoms. The summed E-state index contributed by atoms with van der Waals surface area (Å²) in [5.41, 5.74) is 1.84. The topological polar surface area (TPSA) is 17.1 Å². The first-order valence-electron chi connectivity index (χ1n) is 3.52. The standard InChI is InChI=1S/C9H8Br2O/c10-5-7-3-1-2-4-8(7)9(12)6-11/h1-4H,5-6H2. The molecule has 0 bridgehead atoms. The van der Waals surface area contributed by atoms with Crippen LogP contribution in [-0.2, 0) is 5.33 Å². The van der Waals surface area contributed by atoms with Gasteiger partial charge in [-0.3, -0.25) is 4.79 Å². The Bertz CT molecular complexity index is 284. The molecule has 1 rings (SSSR count). The van der Waals surface area contributed by atoms with Gasteiger partial charge in [0.25, 0.3) is 0 Å². The second kappa shape index (κ2) is 4.77. The molecule has 0 aromatic heterocycles. The zero-order valence-corrected chi connectivity index (χ0v) is 9.56. The number of Topliss-reactive ketones (excluding diaryl/α,β-unsaturated/α-hetero) is 1. The molecule has 1 aromatic carbocycles. The highest BCUT2D eigenvalue weighted by atomic mass is 79.9. The summed E-state index contributed by atoms with van der Waals surface area (Å²) in [5.74, 6) is 0.130. The van der Waals surface area contributed by atoms with Gasteiger partial charge < -0.3 is 0 Å². The molecule has 0 aliphatic heterocycles. The van der Waals surface area contributed by atoms with Crippen molar-refractivity contribution in [1.29, 1.82) is 0 Å². The number of ketones is 1. The van der Waals surface area contributed by atoms with Crippen LogP contribution in [0.5, 0.6) is 0 Å². The number of carbonyl (C=O) groups excluding carboxylic acids is 1. The van der Waals surface area contributed by atoms with E-state index in [-0.39, 0.29) is 5.78 Å². The summed E-state index contributed by atoms with van der Waals surface area (Å²) in [6, 6.07) is 7.61. The van der Waals surface area contributed by atoms with Gasteiger partial charge in [0.15, 0.2) is 5.78 Å². The quantitative estimate of drug-likeness (QED) is 0.618. The predicted molar refractivity (Wildman–Crippen MR) is 57.2 cm³/mol. The maximum Gasteiger partial charge on any atom is 0.173 e. The van der Waals surface area contributed by atoms with E-state index in [2.05, 4.69) is 31.9 Å². The molecule has 0 saturated heterocycles. The molecule has 64 valence electrons. The summed E-state index contributed by atoms with van der Waals surface area (Å²) in [4.78, 5) is 11.3. The highest BCUT2D eigenvalue weighted by Gasteiger charge is 2.07. The lowest BCUT2D eigenvalue weighted by Crippen LogP contribution is -2.03. The van der Waals surface area contributed by atoms with Gasteiger partial charge in [-0.25, -0.2) is 0 Å². The fourth-order valence-corrected chi connectivity index (χ4v) is 1.77. The molecule has 0 radical (unpaired) electrons. The molecule has 0 aliphatic carbocycles. The lowest BCUT2D eigenvalue weighted by molar-refractivity contribution is 0.102. The van der Waals surface area contributed by atoms with Crippen molar-refractivity contribution in [2.45, 2.75) is 5.33 Å². The van der Waals surface area contributed by atoms with Crippen LogP contribution in [0, 0.1) is 0 Å². The molecule has 0 saturated carbocycles. The monoisotopic (exact) mass is 290 g/mol. The average Bonchev–Trinajstić information content (AvgIpc) is 2.16. The summed E-state index contributed by atoms with van der Waals surface area (Å²) in [6.07, 6.45) is 0. The maximum absolute atomic E-state index is 11.3. The van der Waals surface area contributed by atoms with Gasteiger partial charge in [-0.1, -0.05) is 56.1 Å². The van der Waals surface area contributed by atoms with Crippen molar-refractivity contribution in [2.24, 2.45) is 0 Å². The number of benzene rings is 1. The Hall–Kier alpha value is -0.150. The first kappa shape index (κ1) is 9.93. The Kier molecular flexibility index (Phi) is 3.95. The average molecular weight is 292 g/mol. The van der Waals surface area contributed by atoms with Crippen LogP contribution in [0.4, 0.5) is 0 Å². The zero-order chi connectivity index (χ0) is 8.97. The van der Waals surface area contributed by atoms with E-state index in [0.29, 0.717) is 5.33 Å². The van der Waals surface area contributed by atoms with Crippen molar-refractivity contribution in [1.82, 2.24) is 0 Å². The number of hydrogen-bond donors (Lipinski definition) is 0. The second-order valence-corrected chi connectivity index (χ2v) is 3.47. The number of alkyl halides is 2. The van der Waals surface area contributed by atoms with E-state index in [1.54, 1.807) is 0 Å². The number of halogens is 2. The van der Waals surface area contributed by atoms with Crippen LogP contribution in [0.1, 0.15) is 15.9 Å². The predicted octanol–water partition coefficient (Wildman–Crippen LogP) is 3.16. The van der Waals surface area contributed by atoms with Gasteiger partial charge in [0.1, 0.15) is 0 Å². The number of rotatable bonds is 3. The minimum Gasteiger partial charge on any atom is -0.293 e. The fraction of sp³-hybridized carbons (Fsp3) is 0.222. The second-order valence-electron chi connectivity index (χ2n) is 2.35. The van der Waals surface area contributed by atoms with E-state index in [0.717, 1.165) is 16.5 Å². The van der Waals surface area contributed by atoms with Crippen molar-refractivity contribution in [3.05, 3.63) is 35.4 Å². The van der Waals surface area contributed by atoms with E-state index in [4.69, 9.17) is 0 Å². The molecular weight excluding hydrogens is 284 g/mol. The maximum atomic E-state index is 11.3. The lowest BCUT2D eigenvalue weighted by atomic mass is 10.1. The van der Waals surface area contributed by atoms with Gasteiger partial charge in [0.05, 0.1) is 5.33 Å². The molecular formula is C9H8Br2O. The van der Waals surface area contributed by atoms with Gasteiger partial charge >= 0.3 is 0 Å². The summed E-state index contributed by atoms with van der Waals surface area (Å²) in [6.45, 7) is 0. The van der Waals surface area contributed by atoms with Crippen molar-refractivity contribution >= 4 is 37.6 Å². The van der Waals surface area contributed by atoms with Gasteiger partial charge in [-0.2, -0.15) is 0 Å². The summed E-state index contributed by atoms with van der Waals surface area (Å²) in [7, 11) is 0. The minimum absolute atomic E-state index is 0.130. The van der Waals surface area contributed by atoms with E-state index in [1.807, 2.05) is 24.3 Å². The van der Waals surface area contributed by atoms with Gasteiger partial charge in [0.2, 0.25) is 0 Å². The van der Waals surface area contributed by atoms with Crippen LogP contribution in [0.3, 0.4) is 0 Å². The molecule has 0 amide bonds. The third kappa shape index (κ3) is 2.17. The fourth-order valence-electron chi connectivity index (χ4n) is 0.981. The summed E-state index contributed by atoms with van der Waals surface area (Å²) >= 11 is 6.49. The Morgan fingerprint density at radius 3 is 2.50 bits per heavy atom. The Balaban J connectivity index is 3.04. The van der Waals surface area contributed by atoms with Gasteiger partial charge in [0, 0.05) is 10.9 Å².